The minimum atomic E-state index is -0.182. The Morgan fingerprint density at radius 3 is 2.95 bits per heavy atom. The number of benzene rings is 1. The van der Waals surface area contributed by atoms with Gasteiger partial charge in [0.2, 0.25) is 0 Å². The molecular weight excluding hydrogens is 241 g/mol. The Morgan fingerprint density at radius 2 is 2.26 bits per heavy atom. The van der Waals surface area contributed by atoms with Crippen LogP contribution >= 0.6 is 0 Å². The van der Waals surface area contributed by atoms with Crippen molar-refractivity contribution in [3.05, 3.63) is 41.8 Å². The molecule has 1 aliphatic rings. The van der Waals surface area contributed by atoms with E-state index in [2.05, 4.69) is 22.1 Å². The van der Waals surface area contributed by atoms with Gasteiger partial charge in [0, 0.05) is 37.3 Å². The van der Waals surface area contributed by atoms with E-state index >= 15 is 0 Å². The number of hydrogen-bond acceptors (Lipinski definition) is 3. The first kappa shape index (κ1) is 12.5. The Bertz CT molecular complexity index is 581. The number of pyridine rings is 1. The standard InChI is InChI=1S/C15H18FN3/c1-2-19(14-8-17-9-14)10-12-7-13(16)6-11-4-3-5-18-15(11)12/h3-7,14,17H,2,8-10H2,1H3. The number of aromatic nitrogens is 1. The fraction of sp³-hybridized carbons (Fsp3) is 0.400. The van der Waals surface area contributed by atoms with Crippen LogP contribution in [0.5, 0.6) is 0 Å². The van der Waals surface area contributed by atoms with Gasteiger partial charge in [0.25, 0.3) is 0 Å². The molecule has 3 nitrogen and oxygen atoms in total. The van der Waals surface area contributed by atoms with Crippen LogP contribution in [0.15, 0.2) is 30.5 Å². The summed E-state index contributed by atoms with van der Waals surface area (Å²) in [7, 11) is 0. The molecule has 0 amide bonds. The van der Waals surface area contributed by atoms with Gasteiger partial charge in [-0.3, -0.25) is 9.88 Å². The normalized spacial score (nSPS) is 15.9. The Kier molecular flexibility index (Phi) is 3.44. The molecule has 1 aromatic heterocycles. The molecule has 0 unspecified atom stereocenters. The Hall–Kier alpha value is -1.52. The van der Waals surface area contributed by atoms with Crippen LogP contribution in [0, 0.1) is 5.82 Å². The SMILES string of the molecule is CCN(Cc1cc(F)cc2cccnc12)C1CNC1. The minimum absolute atomic E-state index is 0.182. The van der Waals surface area contributed by atoms with Gasteiger partial charge in [-0.05, 0) is 30.3 Å². The maximum absolute atomic E-state index is 13.7. The van der Waals surface area contributed by atoms with Crippen molar-refractivity contribution in [2.24, 2.45) is 0 Å². The molecule has 4 heteroatoms. The van der Waals surface area contributed by atoms with Gasteiger partial charge in [0.1, 0.15) is 5.82 Å². The molecule has 100 valence electrons. The Labute approximate surface area is 112 Å². The fourth-order valence-electron chi connectivity index (χ4n) is 2.60. The number of hydrogen-bond donors (Lipinski definition) is 1. The van der Waals surface area contributed by atoms with Crippen LogP contribution in [0.1, 0.15) is 12.5 Å². The van der Waals surface area contributed by atoms with Gasteiger partial charge in [-0.15, -0.1) is 0 Å². The molecule has 0 spiro atoms. The van der Waals surface area contributed by atoms with Crippen LogP contribution in [0.4, 0.5) is 4.39 Å². The summed E-state index contributed by atoms with van der Waals surface area (Å²) >= 11 is 0. The molecule has 1 N–H and O–H groups in total. The van der Waals surface area contributed by atoms with Crippen molar-refractivity contribution in [2.75, 3.05) is 19.6 Å². The molecule has 1 saturated heterocycles. The van der Waals surface area contributed by atoms with Gasteiger partial charge >= 0.3 is 0 Å². The fourth-order valence-corrected chi connectivity index (χ4v) is 2.60. The summed E-state index contributed by atoms with van der Waals surface area (Å²) < 4.78 is 13.7. The third-order valence-corrected chi connectivity index (χ3v) is 3.80. The summed E-state index contributed by atoms with van der Waals surface area (Å²) in [6.45, 7) is 5.92. The predicted octanol–water partition coefficient (Wildman–Crippen LogP) is 2.17. The van der Waals surface area contributed by atoms with Crippen LogP contribution in [-0.4, -0.2) is 35.6 Å². The summed E-state index contributed by atoms with van der Waals surface area (Å²) in [6, 6.07) is 7.48. The maximum atomic E-state index is 13.7. The second kappa shape index (κ2) is 5.23. The first-order valence-corrected chi connectivity index (χ1v) is 6.76. The van der Waals surface area contributed by atoms with Crippen LogP contribution < -0.4 is 5.32 Å². The van der Waals surface area contributed by atoms with E-state index in [1.807, 2.05) is 12.1 Å². The van der Waals surface area contributed by atoms with Crippen molar-refractivity contribution in [1.29, 1.82) is 0 Å². The quantitative estimate of drug-likeness (QED) is 0.912. The highest BCUT2D eigenvalue weighted by atomic mass is 19.1. The average Bonchev–Trinajstić information content (AvgIpc) is 2.35. The number of nitrogens with zero attached hydrogens (tertiary/aromatic N) is 2. The third-order valence-electron chi connectivity index (χ3n) is 3.80. The van der Waals surface area contributed by atoms with Crippen LogP contribution in [0.3, 0.4) is 0 Å². The van der Waals surface area contributed by atoms with Crippen molar-refractivity contribution in [1.82, 2.24) is 15.2 Å². The average molecular weight is 259 g/mol. The maximum Gasteiger partial charge on any atom is 0.124 e. The summed E-state index contributed by atoms with van der Waals surface area (Å²) in [5.74, 6) is -0.182. The summed E-state index contributed by atoms with van der Waals surface area (Å²) in [4.78, 5) is 6.78. The van der Waals surface area contributed by atoms with Crippen molar-refractivity contribution < 1.29 is 4.39 Å². The van der Waals surface area contributed by atoms with Gasteiger partial charge in [0.15, 0.2) is 0 Å². The second-order valence-corrected chi connectivity index (χ2v) is 5.02. The lowest BCUT2D eigenvalue weighted by atomic mass is 10.1. The smallest absolute Gasteiger partial charge is 0.124 e. The first-order chi connectivity index (χ1) is 9.28. The molecule has 0 saturated carbocycles. The van der Waals surface area contributed by atoms with E-state index in [1.54, 1.807) is 18.3 Å². The van der Waals surface area contributed by atoms with Gasteiger partial charge in [-0.25, -0.2) is 4.39 Å². The third kappa shape index (κ3) is 2.46. The topological polar surface area (TPSA) is 28.2 Å². The molecule has 2 aromatic rings. The molecule has 0 radical (unpaired) electrons. The molecule has 19 heavy (non-hydrogen) atoms. The molecule has 3 rings (SSSR count). The molecule has 1 aliphatic heterocycles. The molecule has 0 atom stereocenters. The highest BCUT2D eigenvalue weighted by molar-refractivity contribution is 5.81. The number of nitrogens with one attached hydrogen (secondary N) is 1. The van der Waals surface area contributed by atoms with Gasteiger partial charge in [-0.1, -0.05) is 13.0 Å². The predicted molar refractivity (Wildman–Crippen MR) is 74.4 cm³/mol. The second-order valence-electron chi connectivity index (χ2n) is 5.02. The highest BCUT2D eigenvalue weighted by Crippen LogP contribution is 2.21. The number of halogens is 1. The monoisotopic (exact) mass is 259 g/mol. The molecular formula is C15H18FN3. The number of fused-ring (bicyclic) bond motifs is 1. The van der Waals surface area contributed by atoms with Gasteiger partial charge in [-0.2, -0.15) is 0 Å². The van der Waals surface area contributed by atoms with E-state index in [0.717, 1.165) is 42.6 Å². The lowest BCUT2D eigenvalue weighted by Crippen LogP contribution is -2.56. The molecule has 0 aliphatic carbocycles. The van der Waals surface area contributed by atoms with E-state index in [4.69, 9.17) is 0 Å². The van der Waals surface area contributed by atoms with E-state index in [0.29, 0.717) is 6.04 Å². The lowest BCUT2D eigenvalue weighted by molar-refractivity contribution is 0.145. The minimum Gasteiger partial charge on any atom is -0.314 e. The van der Waals surface area contributed by atoms with Gasteiger partial charge < -0.3 is 5.32 Å². The highest BCUT2D eigenvalue weighted by Gasteiger charge is 2.23. The zero-order valence-electron chi connectivity index (χ0n) is 11.1. The molecule has 1 fully saturated rings. The molecule has 0 bridgehead atoms. The van der Waals surface area contributed by atoms with Gasteiger partial charge in [0.05, 0.1) is 5.52 Å². The lowest BCUT2D eigenvalue weighted by Gasteiger charge is -2.37. The summed E-state index contributed by atoms with van der Waals surface area (Å²) in [5.41, 5.74) is 1.89. The van der Waals surface area contributed by atoms with E-state index < -0.39 is 0 Å². The van der Waals surface area contributed by atoms with E-state index in [9.17, 15) is 4.39 Å². The van der Waals surface area contributed by atoms with Crippen LogP contribution in [0.2, 0.25) is 0 Å². The van der Waals surface area contributed by atoms with E-state index in [-0.39, 0.29) is 5.82 Å². The van der Waals surface area contributed by atoms with Crippen molar-refractivity contribution >= 4 is 10.9 Å². The van der Waals surface area contributed by atoms with Crippen LogP contribution in [0.25, 0.3) is 10.9 Å². The first-order valence-electron chi connectivity index (χ1n) is 6.76. The van der Waals surface area contributed by atoms with Crippen LogP contribution in [-0.2, 0) is 6.54 Å². The van der Waals surface area contributed by atoms with Crippen molar-refractivity contribution in [3.8, 4) is 0 Å². The summed E-state index contributed by atoms with van der Waals surface area (Å²) in [6.07, 6.45) is 1.77. The van der Waals surface area contributed by atoms with E-state index in [1.165, 1.54) is 0 Å². The zero-order chi connectivity index (χ0) is 13.2. The van der Waals surface area contributed by atoms with Crippen molar-refractivity contribution in [3.63, 3.8) is 0 Å². The Balaban J connectivity index is 1.94. The molecule has 2 heterocycles. The Morgan fingerprint density at radius 1 is 1.42 bits per heavy atom. The molecule has 1 aromatic carbocycles. The zero-order valence-corrected chi connectivity index (χ0v) is 11.1. The van der Waals surface area contributed by atoms with Crippen molar-refractivity contribution in [2.45, 2.75) is 19.5 Å². The largest absolute Gasteiger partial charge is 0.314 e. The number of rotatable bonds is 4. The number of likely N-dealkylation sites (N-methyl/N-ethyl adjacent to an activating group) is 1. The summed E-state index contributed by atoms with van der Waals surface area (Å²) in [5, 5.41) is 4.15.